The number of carboxylic acid groups (broad SMARTS) is 1. The Morgan fingerprint density at radius 2 is 1.63 bits per heavy atom. The van der Waals surface area contributed by atoms with Crippen LogP contribution in [-0.2, 0) is 15.1 Å². The number of rotatable bonds is 9. The first kappa shape index (κ1) is 27.4. The highest BCUT2D eigenvalue weighted by molar-refractivity contribution is 14.1. The normalized spacial score (nSPS) is 17.6. The number of aromatic carboxylic acids is 1. The van der Waals surface area contributed by atoms with Crippen molar-refractivity contribution in [1.29, 1.82) is 0 Å². The second-order valence-electron chi connectivity index (χ2n) is 9.15. The van der Waals surface area contributed by atoms with E-state index in [-0.39, 0.29) is 11.5 Å². The standard InChI is InChI=1S/C26H32N2O5.CH3I/c1-19-3-9-22(10-4-19)33-18-15-28(2)26(13-16-32-17-14-26)24(31)27-25(11-12-25)21-7-5-20(6-8-21)23(29)30;1-2/h3-10H,11-18H2,1-2H3,(H,27,31)(H,29,30);1H3. The molecule has 2 aliphatic rings. The number of alkyl halides is 1. The van der Waals surface area contributed by atoms with E-state index in [1.807, 2.05) is 55.3 Å². The fourth-order valence-corrected chi connectivity index (χ4v) is 4.52. The first-order valence-corrected chi connectivity index (χ1v) is 14.0. The fourth-order valence-electron chi connectivity index (χ4n) is 4.52. The molecule has 0 radical (unpaired) electrons. The highest BCUT2D eigenvalue weighted by atomic mass is 127. The van der Waals surface area contributed by atoms with Crippen LogP contribution in [-0.4, -0.2) is 65.8 Å². The minimum absolute atomic E-state index is 0.00319. The Hall–Kier alpha value is -2.17. The van der Waals surface area contributed by atoms with Crippen molar-refractivity contribution in [1.82, 2.24) is 10.2 Å². The van der Waals surface area contributed by atoms with Crippen LogP contribution in [0.25, 0.3) is 0 Å². The second-order valence-corrected chi connectivity index (χ2v) is 9.15. The van der Waals surface area contributed by atoms with Gasteiger partial charge < -0.3 is 19.9 Å². The van der Waals surface area contributed by atoms with Gasteiger partial charge in [-0.25, -0.2) is 4.79 Å². The smallest absolute Gasteiger partial charge is 0.335 e. The Morgan fingerprint density at radius 3 is 2.17 bits per heavy atom. The third-order valence-corrected chi connectivity index (χ3v) is 6.98. The minimum Gasteiger partial charge on any atom is -0.492 e. The molecule has 35 heavy (non-hydrogen) atoms. The summed E-state index contributed by atoms with van der Waals surface area (Å²) in [5.74, 6) is -0.129. The van der Waals surface area contributed by atoms with E-state index in [0.717, 1.165) is 24.2 Å². The van der Waals surface area contributed by atoms with Crippen LogP contribution in [0, 0.1) is 6.92 Å². The maximum Gasteiger partial charge on any atom is 0.335 e. The third kappa shape index (κ3) is 6.54. The number of benzene rings is 2. The molecule has 0 aromatic heterocycles. The average molecular weight is 594 g/mol. The summed E-state index contributed by atoms with van der Waals surface area (Å²) in [5.41, 5.74) is 1.30. The van der Waals surface area contributed by atoms with E-state index in [1.165, 1.54) is 5.56 Å². The van der Waals surface area contributed by atoms with Crippen LogP contribution in [0.4, 0.5) is 0 Å². The Kier molecular flexibility index (Phi) is 9.54. The third-order valence-electron chi connectivity index (χ3n) is 6.98. The van der Waals surface area contributed by atoms with Crippen molar-refractivity contribution < 1.29 is 24.2 Å². The molecule has 1 heterocycles. The lowest BCUT2D eigenvalue weighted by Crippen LogP contribution is -2.62. The monoisotopic (exact) mass is 594 g/mol. The zero-order chi connectivity index (χ0) is 25.5. The summed E-state index contributed by atoms with van der Waals surface area (Å²) in [5, 5.41) is 12.5. The van der Waals surface area contributed by atoms with Gasteiger partial charge in [-0.1, -0.05) is 52.4 Å². The average Bonchev–Trinajstić information content (AvgIpc) is 3.67. The Morgan fingerprint density at radius 1 is 1.03 bits per heavy atom. The topological polar surface area (TPSA) is 88.1 Å². The number of carboxylic acids is 1. The van der Waals surface area contributed by atoms with Gasteiger partial charge in [0.15, 0.2) is 0 Å². The Bertz CT molecular complexity index is 984. The number of carbonyl (C=O) groups excluding carboxylic acids is 1. The molecule has 4 rings (SSSR count). The van der Waals surface area contributed by atoms with E-state index < -0.39 is 17.0 Å². The molecule has 1 aliphatic heterocycles. The van der Waals surface area contributed by atoms with Gasteiger partial charge in [-0.2, -0.15) is 0 Å². The number of likely N-dealkylation sites (N-methyl/N-ethyl adjacent to an activating group) is 1. The zero-order valence-electron chi connectivity index (χ0n) is 20.7. The summed E-state index contributed by atoms with van der Waals surface area (Å²) in [6.07, 6.45) is 2.93. The number of hydrogen-bond acceptors (Lipinski definition) is 5. The van der Waals surface area contributed by atoms with Crippen LogP contribution in [0.15, 0.2) is 48.5 Å². The molecule has 0 atom stereocenters. The van der Waals surface area contributed by atoms with Crippen molar-refractivity contribution in [3.63, 3.8) is 0 Å². The van der Waals surface area contributed by atoms with Gasteiger partial charge in [0.25, 0.3) is 0 Å². The van der Waals surface area contributed by atoms with Crippen molar-refractivity contribution in [3.8, 4) is 5.75 Å². The van der Waals surface area contributed by atoms with Crippen LogP contribution < -0.4 is 10.1 Å². The molecule has 190 valence electrons. The Labute approximate surface area is 221 Å². The molecule has 2 aromatic carbocycles. The molecule has 0 bridgehead atoms. The van der Waals surface area contributed by atoms with Crippen molar-refractivity contribution >= 4 is 34.5 Å². The molecule has 8 heteroatoms. The molecule has 7 nitrogen and oxygen atoms in total. The van der Waals surface area contributed by atoms with Crippen LogP contribution in [0.1, 0.15) is 47.2 Å². The summed E-state index contributed by atoms with van der Waals surface area (Å²) < 4.78 is 11.5. The van der Waals surface area contributed by atoms with Crippen molar-refractivity contribution in [2.24, 2.45) is 0 Å². The molecule has 1 saturated carbocycles. The molecule has 1 aliphatic carbocycles. The molecule has 0 spiro atoms. The van der Waals surface area contributed by atoms with Gasteiger partial charge in [0.05, 0.1) is 11.1 Å². The van der Waals surface area contributed by atoms with E-state index in [4.69, 9.17) is 14.6 Å². The van der Waals surface area contributed by atoms with Crippen LogP contribution in [0.3, 0.4) is 0 Å². The molecule has 1 saturated heterocycles. The predicted molar refractivity (Wildman–Crippen MR) is 144 cm³/mol. The highest BCUT2D eigenvalue weighted by Gasteiger charge is 2.51. The van der Waals surface area contributed by atoms with Crippen LogP contribution in [0.2, 0.25) is 0 Å². The first-order valence-electron chi connectivity index (χ1n) is 11.9. The number of nitrogens with zero attached hydrogens (tertiary/aromatic N) is 1. The van der Waals surface area contributed by atoms with Gasteiger partial charge >= 0.3 is 5.97 Å². The maximum atomic E-state index is 13.7. The zero-order valence-corrected chi connectivity index (χ0v) is 22.8. The van der Waals surface area contributed by atoms with Crippen molar-refractivity contribution in [3.05, 3.63) is 65.2 Å². The van der Waals surface area contributed by atoms with Gasteiger partial charge in [0, 0.05) is 19.8 Å². The molecule has 2 aromatic rings. The van der Waals surface area contributed by atoms with E-state index in [2.05, 4.69) is 32.8 Å². The number of aryl methyl sites for hydroxylation is 1. The number of amides is 1. The Balaban J connectivity index is 0.00000167. The number of halogens is 1. The minimum atomic E-state index is -0.953. The lowest BCUT2D eigenvalue weighted by atomic mass is 9.86. The van der Waals surface area contributed by atoms with Gasteiger partial charge in [0.1, 0.15) is 17.9 Å². The number of hydrogen-bond donors (Lipinski definition) is 2. The van der Waals surface area contributed by atoms with E-state index >= 15 is 0 Å². The molecule has 0 unspecified atom stereocenters. The highest BCUT2D eigenvalue weighted by Crippen LogP contribution is 2.46. The molecule has 2 fully saturated rings. The SMILES string of the molecule is CI.Cc1ccc(OCCN(C)C2(C(=O)NC3(c4ccc(C(=O)O)cc4)CC3)CCOCC2)cc1. The predicted octanol–water partition coefficient (Wildman–Crippen LogP) is 4.41. The van der Waals surface area contributed by atoms with Crippen LogP contribution in [0.5, 0.6) is 5.75 Å². The molecular weight excluding hydrogens is 559 g/mol. The van der Waals surface area contributed by atoms with E-state index in [9.17, 15) is 9.59 Å². The van der Waals surface area contributed by atoms with Crippen LogP contribution >= 0.6 is 22.6 Å². The number of nitrogens with one attached hydrogen (secondary N) is 1. The largest absolute Gasteiger partial charge is 0.492 e. The summed E-state index contributed by atoms with van der Waals surface area (Å²) in [6.45, 7) is 4.21. The fraction of sp³-hybridized carbons (Fsp3) is 0.481. The lowest BCUT2D eigenvalue weighted by molar-refractivity contribution is -0.140. The van der Waals surface area contributed by atoms with Crippen molar-refractivity contribution in [2.45, 2.75) is 43.7 Å². The summed E-state index contributed by atoms with van der Waals surface area (Å²) in [7, 11) is 1.98. The quantitative estimate of drug-likeness (QED) is 0.331. The van der Waals surface area contributed by atoms with E-state index in [1.54, 1.807) is 12.1 Å². The second kappa shape index (κ2) is 12.2. The molecular formula is C27H35IN2O5. The van der Waals surface area contributed by atoms with E-state index in [0.29, 0.717) is 39.2 Å². The van der Waals surface area contributed by atoms with Gasteiger partial charge in [-0.05, 0) is 74.4 Å². The lowest BCUT2D eigenvalue weighted by Gasteiger charge is -2.43. The summed E-state index contributed by atoms with van der Waals surface area (Å²) in [4.78, 5) is 28.9. The maximum absolute atomic E-state index is 13.7. The molecule has 2 N–H and O–H groups in total. The molecule has 1 amide bonds. The number of carbonyl (C=O) groups is 2. The summed E-state index contributed by atoms with van der Waals surface area (Å²) >= 11 is 2.15. The first-order chi connectivity index (χ1) is 16.8. The van der Waals surface area contributed by atoms with Crippen molar-refractivity contribution in [2.75, 3.05) is 38.3 Å². The van der Waals surface area contributed by atoms with Gasteiger partial charge in [-0.15, -0.1) is 0 Å². The summed E-state index contributed by atoms with van der Waals surface area (Å²) in [6, 6.07) is 14.8. The number of ether oxygens (including phenoxy) is 2. The van der Waals surface area contributed by atoms with Gasteiger partial charge in [0.2, 0.25) is 5.91 Å². The van der Waals surface area contributed by atoms with Gasteiger partial charge in [-0.3, -0.25) is 9.69 Å².